The quantitative estimate of drug-likeness (QED) is 0.857. The van der Waals surface area contributed by atoms with Crippen LogP contribution in [0.4, 0.5) is 0 Å². The summed E-state index contributed by atoms with van der Waals surface area (Å²) in [4.78, 5) is 13.0. The second kappa shape index (κ2) is 7.16. The van der Waals surface area contributed by atoms with Crippen molar-refractivity contribution in [2.45, 2.75) is 50.8 Å². The van der Waals surface area contributed by atoms with E-state index in [1.54, 1.807) is 0 Å². The maximum atomic E-state index is 12.3. The lowest BCUT2D eigenvalue weighted by Gasteiger charge is -2.25. The number of carbonyl (C=O) groups is 1. The Kier molecular flexibility index (Phi) is 5.52. The van der Waals surface area contributed by atoms with Gasteiger partial charge in [0.05, 0.1) is 17.0 Å². The summed E-state index contributed by atoms with van der Waals surface area (Å²) in [6.45, 7) is 4.62. The minimum absolute atomic E-state index is 0.0131. The molecule has 0 bridgehead atoms. The Hall–Kier alpha value is -0.970. The molecule has 0 aromatic carbocycles. The van der Waals surface area contributed by atoms with Crippen molar-refractivity contribution in [2.75, 3.05) is 6.54 Å². The first-order chi connectivity index (χ1) is 9.60. The van der Waals surface area contributed by atoms with Gasteiger partial charge >= 0.3 is 0 Å². The minimum Gasteiger partial charge on any atom is -0.352 e. The lowest BCUT2D eigenvalue weighted by Crippen LogP contribution is -2.32. The predicted octanol–water partition coefficient (Wildman–Crippen LogP) is 3.03. The van der Waals surface area contributed by atoms with Gasteiger partial charge in [-0.15, -0.1) is 0 Å². The van der Waals surface area contributed by atoms with Crippen LogP contribution in [0.2, 0.25) is 0 Å². The summed E-state index contributed by atoms with van der Waals surface area (Å²) in [6, 6.07) is 1.83. The van der Waals surface area contributed by atoms with Crippen molar-refractivity contribution in [1.29, 1.82) is 0 Å². The number of nitrogens with one attached hydrogen (secondary N) is 1. The van der Waals surface area contributed by atoms with Gasteiger partial charge < -0.3 is 5.32 Å². The molecule has 1 aliphatic rings. The van der Waals surface area contributed by atoms with E-state index in [0.29, 0.717) is 16.3 Å². The SMILES string of the molecule is CCc1nnc(C)cc1C(=O)NCC1CCC(Br)CC1. The fraction of sp³-hybridized carbons (Fsp3) is 0.667. The zero-order valence-electron chi connectivity index (χ0n) is 12.2. The van der Waals surface area contributed by atoms with E-state index >= 15 is 0 Å². The molecule has 110 valence electrons. The van der Waals surface area contributed by atoms with E-state index in [2.05, 4.69) is 31.4 Å². The summed E-state index contributed by atoms with van der Waals surface area (Å²) in [7, 11) is 0. The number of nitrogens with zero attached hydrogens (tertiary/aromatic N) is 2. The largest absolute Gasteiger partial charge is 0.352 e. The van der Waals surface area contributed by atoms with Crippen molar-refractivity contribution in [1.82, 2.24) is 15.5 Å². The van der Waals surface area contributed by atoms with Gasteiger partial charge in [-0.25, -0.2) is 0 Å². The van der Waals surface area contributed by atoms with E-state index in [0.717, 1.165) is 24.4 Å². The van der Waals surface area contributed by atoms with Crippen LogP contribution in [0.1, 0.15) is 54.4 Å². The summed E-state index contributed by atoms with van der Waals surface area (Å²) in [5.74, 6) is 0.592. The molecule has 1 heterocycles. The van der Waals surface area contributed by atoms with Crippen LogP contribution in [0.25, 0.3) is 0 Å². The average Bonchev–Trinajstić information content (AvgIpc) is 2.46. The molecule has 1 aliphatic carbocycles. The van der Waals surface area contributed by atoms with E-state index in [-0.39, 0.29) is 5.91 Å². The van der Waals surface area contributed by atoms with Gasteiger partial charge in [-0.3, -0.25) is 4.79 Å². The summed E-state index contributed by atoms with van der Waals surface area (Å²) in [5, 5.41) is 11.2. The fourth-order valence-corrected chi connectivity index (χ4v) is 3.16. The molecule has 0 radical (unpaired) electrons. The Balaban J connectivity index is 1.93. The van der Waals surface area contributed by atoms with E-state index in [9.17, 15) is 4.79 Å². The van der Waals surface area contributed by atoms with Crippen molar-refractivity contribution >= 4 is 21.8 Å². The molecule has 2 rings (SSSR count). The van der Waals surface area contributed by atoms with Crippen LogP contribution in [0.15, 0.2) is 6.07 Å². The van der Waals surface area contributed by atoms with Gasteiger partial charge in [0.1, 0.15) is 0 Å². The molecule has 1 saturated carbocycles. The van der Waals surface area contributed by atoms with Gasteiger partial charge in [-0.05, 0) is 51.0 Å². The predicted molar refractivity (Wildman–Crippen MR) is 83.2 cm³/mol. The van der Waals surface area contributed by atoms with E-state index < -0.39 is 0 Å². The highest BCUT2D eigenvalue weighted by atomic mass is 79.9. The standard InChI is InChI=1S/C15H22BrN3O/c1-3-14-13(8-10(2)18-19-14)15(20)17-9-11-4-6-12(16)7-5-11/h8,11-12H,3-7,9H2,1-2H3,(H,17,20). The highest BCUT2D eigenvalue weighted by Gasteiger charge is 2.20. The molecule has 1 N–H and O–H groups in total. The Morgan fingerprint density at radius 3 is 2.70 bits per heavy atom. The molecular formula is C15H22BrN3O. The number of amides is 1. The summed E-state index contributed by atoms with van der Waals surface area (Å²) >= 11 is 3.66. The molecule has 0 aliphatic heterocycles. The molecule has 0 unspecified atom stereocenters. The number of halogens is 1. The maximum absolute atomic E-state index is 12.3. The topological polar surface area (TPSA) is 54.9 Å². The molecule has 1 amide bonds. The van der Waals surface area contributed by atoms with Crippen LogP contribution in [0.5, 0.6) is 0 Å². The smallest absolute Gasteiger partial charge is 0.253 e. The summed E-state index contributed by atoms with van der Waals surface area (Å²) in [6.07, 6.45) is 5.51. The maximum Gasteiger partial charge on any atom is 0.253 e. The fourth-order valence-electron chi connectivity index (χ4n) is 2.63. The van der Waals surface area contributed by atoms with E-state index in [4.69, 9.17) is 0 Å². The Morgan fingerprint density at radius 1 is 1.35 bits per heavy atom. The third-order valence-electron chi connectivity index (χ3n) is 3.90. The second-order valence-corrected chi connectivity index (χ2v) is 6.82. The number of aryl methyl sites for hydroxylation is 2. The molecule has 4 nitrogen and oxygen atoms in total. The van der Waals surface area contributed by atoms with Gasteiger partial charge in [0, 0.05) is 11.4 Å². The number of alkyl halides is 1. The zero-order valence-corrected chi connectivity index (χ0v) is 13.7. The lowest BCUT2D eigenvalue weighted by atomic mass is 9.89. The molecular weight excluding hydrogens is 318 g/mol. The number of hydrogen-bond donors (Lipinski definition) is 1. The molecule has 0 saturated heterocycles. The third-order valence-corrected chi connectivity index (χ3v) is 4.82. The van der Waals surface area contributed by atoms with E-state index in [1.165, 1.54) is 25.7 Å². The van der Waals surface area contributed by atoms with Crippen molar-refractivity contribution < 1.29 is 4.79 Å². The highest BCUT2D eigenvalue weighted by molar-refractivity contribution is 9.09. The first-order valence-electron chi connectivity index (χ1n) is 7.35. The Labute approximate surface area is 128 Å². The van der Waals surface area contributed by atoms with Crippen LogP contribution in [-0.2, 0) is 6.42 Å². The van der Waals surface area contributed by atoms with E-state index in [1.807, 2.05) is 19.9 Å². The van der Waals surface area contributed by atoms with Crippen molar-refractivity contribution in [3.8, 4) is 0 Å². The molecule has 1 aromatic rings. The number of aromatic nitrogens is 2. The van der Waals surface area contributed by atoms with Crippen LogP contribution in [-0.4, -0.2) is 27.5 Å². The summed E-state index contributed by atoms with van der Waals surface area (Å²) in [5.41, 5.74) is 2.23. The van der Waals surface area contributed by atoms with Crippen molar-refractivity contribution in [3.63, 3.8) is 0 Å². The molecule has 5 heteroatoms. The van der Waals surface area contributed by atoms with Gasteiger partial charge in [-0.1, -0.05) is 22.9 Å². The molecule has 20 heavy (non-hydrogen) atoms. The number of rotatable bonds is 4. The number of hydrogen-bond acceptors (Lipinski definition) is 3. The van der Waals surface area contributed by atoms with Crippen LogP contribution < -0.4 is 5.32 Å². The van der Waals surface area contributed by atoms with Gasteiger partial charge in [-0.2, -0.15) is 10.2 Å². The highest BCUT2D eigenvalue weighted by Crippen LogP contribution is 2.28. The van der Waals surface area contributed by atoms with Gasteiger partial charge in [0.25, 0.3) is 5.91 Å². The summed E-state index contributed by atoms with van der Waals surface area (Å²) < 4.78 is 0. The zero-order chi connectivity index (χ0) is 14.5. The minimum atomic E-state index is -0.0131. The van der Waals surface area contributed by atoms with Gasteiger partial charge in [0.15, 0.2) is 0 Å². The van der Waals surface area contributed by atoms with Crippen LogP contribution >= 0.6 is 15.9 Å². The van der Waals surface area contributed by atoms with Gasteiger partial charge in [0.2, 0.25) is 0 Å². The molecule has 1 aromatic heterocycles. The number of carbonyl (C=O) groups excluding carboxylic acids is 1. The molecule has 1 fully saturated rings. The van der Waals surface area contributed by atoms with Crippen LogP contribution in [0.3, 0.4) is 0 Å². The third kappa shape index (κ3) is 4.01. The molecule has 0 spiro atoms. The lowest BCUT2D eigenvalue weighted by molar-refractivity contribution is 0.0942. The normalized spacial score (nSPS) is 22.6. The Bertz CT molecular complexity index is 470. The molecule has 0 atom stereocenters. The second-order valence-electron chi connectivity index (χ2n) is 5.53. The Morgan fingerprint density at radius 2 is 2.05 bits per heavy atom. The van der Waals surface area contributed by atoms with Crippen molar-refractivity contribution in [2.24, 2.45) is 5.92 Å². The first-order valence-corrected chi connectivity index (χ1v) is 8.27. The first kappa shape index (κ1) is 15.4. The van der Waals surface area contributed by atoms with Crippen molar-refractivity contribution in [3.05, 3.63) is 23.0 Å². The monoisotopic (exact) mass is 339 g/mol. The van der Waals surface area contributed by atoms with Crippen LogP contribution in [0, 0.1) is 12.8 Å². The average molecular weight is 340 g/mol.